The zero-order valence-corrected chi connectivity index (χ0v) is 12.2. The van der Waals surface area contributed by atoms with Gasteiger partial charge in [0.05, 0.1) is 16.6 Å². The van der Waals surface area contributed by atoms with Crippen LogP contribution in [0.2, 0.25) is 0 Å². The molecule has 0 aliphatic heterocycles. The first kappa shape index (κ1) is 14.5. The molecule has 1 saturated carbocycles. The van der Waals surface area contributed by atoms with Crippen LogP contribution in [0, 0.1) is 11.8 Å². The number of nitrogens with zero attached hydrogens (tertiary/aromatic N) is 1. The van der Waals surface area contributed by atoms with Crippen molar-refractivity contribution in [1.82, 2.24) is 10.3 Å². The lowest BCUT2D eigenvalue weighted by molar-refractivity contribution is -0.142. The molecule has 2 rings (SSSR count). The average Bonchev–Trinajstić information content (AvgIpc) is 2.99. The number of nitrogens with one attached hydrogen (secondary N) is 1. The summed E-state index contributed by atoms with van der Waals surface area (Å²) >= 11 is 1.72. The molecule has 0 aromatic carbocycles. The Labute approximate surface area is 118 Å². The highest BCUT2D eigenvalue weighted by Gasteiger charge is 2.32. The quantitative estimate of drug-likeness (QED) is 0.807. The number of rotatable bonds is 7. The molecule has 5 heteroatoms. The van der Waals surface area contributed by atoms with Crippen molar-refractivity contribution in [3.8, 4) is 0 Å². The summed E-state index contributed by atoms with van der Waals surface area (Å²) in [4.78, 5) is 15.6. The van der Waals surface area contributed by atoms with Crippen LogP contribution in [-0.2, 0) is 17.8 Å². The molecule has 1 aliphatic carbocycles. The first-order chi connectivity index (χ1) is 9.20. The number of thiazole rings is 1. The maximum atomic E-state index is 11.1. The van der Waals surface area contributed by atoms with Gasteiger partial charge >= 0.3 is 5.97 Å². The first-order valence-corrected chi connectivity index (χ1v) is 7.95. The molecule has 0 bridgehead atoms. The topological polar surface area (TPSA) is 62.2 Å². The largest absolute Gasteiger partial charge is 0.481 e. The minimum Gasteiger partial charge on any atom is -0.481 e. The number of carbonyl (C=O) groups is 1. The molecule has 19 heavy (non-hydrogen) atoms. The Morgan fingerprint density at radius 2 is 2.42 bits per heavy atom. The van der Waals surface area contributed by atoms with Crippen molar-refractivity contribution in [2.24, 2.45) is 11.8 Å². The third-order valence-corrected chi connectivity index (χ3v) is 4.71. The summed E-state index contributed by atoms with van der Waals surface area (Å²) in [6.07, 6.45) is 5.08. The van der Waals surface area contributed by atoms with Crippen molar-refractivity contribution >= 4 is 17.3 Å². The average molecular weight is 282 g/mol. The van der Waals surface area contributed by atoms with Gasteiger partial charge in [-0.25, -0.2) is 4.98 Å². The van der Waals surface area contributed by atoms with Crippen LogP contribution in [0.15, 0.2) is 5.38 Å². The lowest BCUT2D eigenvalue weighted by Gasteiger charge is -2.15. The fraction of sp³-hybridized carbons (Fsp3) is 0.714. The fourth-order valence-electron chi connectivity index (χ4n) is 2.75. The van der Waals surface area contributed by atoms with Gasteiger partial charge in [-0.05, 0) is 38.1 Å². The zero-order chi connectivity index (χ0) is 13.7. The molecule has 1 aromatic heterocycles. The van der Waals surface area contributed by atoms with E-state index in [1.54, 1.807) is 11.3 Å². The highest BCUT2D eigenvalue weighted by Crippen LogP contribution is 2.31. The Kier molecular flexibility index (Phi) is 5.34. The Balaban J connectivity index is 1.75. The van der Waals surface area contributed by atoms with Crippen LogP contribution < -0.4 is 5.32 Å². The third kappa shape index (κ3) is 4.01. The summed E-state index contributed by atoms with van der Waals surface area (Å²) in [5.41, 5.74) is 1.08. The highest BCUT2D eigenvalue weighted by atomic mass is 32.1. The van der Waals surface area contributed by atoms with Gasteiger partial charge in [0.25, 0.3) is 0 Å². The molecule has 1 heterocycles. The van der Waals surface area contributed by atoms with Gasteiger partial charge in [0.15, 0.2) is 0 Å². The zero-order valence-electron chi connectivity index (χ0n) is 11.4. The molecular formula is C14H22N2O2S. The summed E-state index contributed by atoms with van der Waals surface area (Å²) in [5.74, 6) is -0.506. The molecule has 1 aliphatic rings. The van der Waals surface area contributed by atoms with E-state index in [9.17, 15) is 4.79 Å². The van der Waals surface area contributed by atoms with Crippen LogP contribution in [0.1, 0.15) is 43.3 Å². The van der Waals surface area contributed by atoms with Gasteiger partial charge in [0, 0.05) is 11.9 Å². The van der Waals surface area contributed by atoms with Gasteiger partial charge < -0.3 is 10.4 Å². The minimum atomic E-state index is -0.636. The molecular weight excluding hydrogens is 260 g/mol. The Hall–Kier alpha value is -0.940. The molecule has 0 amide bonds. The van der Waals surface area contributed by atoms with Crippen LogP contribution in [0.3, 0.4) is 0 Å². The summed E-state index contributed by atoms with van der Waals surface area (Å²) in [5, 5.41) is 15.8. The van der Waals surface area contributed by atoms with Crippen LogP contribution >= 0.6 is 11.3 Å². The second-order valence-corrected chi connectivity index (χ2v) is 6.19. The van der Waals surface area contributed by atoms with Crippen molar-refractivity contribution in [1.29, 1.82) is 0 Å². The molecule has 2 atom stereocenters. The van der Waals surface area contributed by atoms with Crippen LogP contribution in [0.4, 0.5) is 0 Å². The van der Waals surface area contributed by atoms with E-state index >= 15 is 0 Å². The van der Waals surface area contributed by atoms with E-state index in [1.165, 1.54) is 5.01 Å². The van der Waals surface area contributed by atoms with E-state index < -0.39 is 5.97 Å². The smallest absolute Gasteiger partial charge is 0.306 e. The molecule has 0 radical (unpaired) electrons. The minimum absolute atomic E-state index is 0.154. The van der Waals surface area contributed by atoms with Gasteiger partial charge in [0.1, 0.15) is 0 Å². The van der Waals surface area contributed by atoms with Gasteiger partial charge in [-0.1, -0.05) is 13.3 Å². The predicted octanol–water partition coefficient (Wildman–Crippen LogP) is 2.69. The Morgan fingerprint density at radius 1 is 1.58 bits per heavy atom. The molecule has 106 valence electrons. The summed E-state index contributed by atoms with van der Waals surface area (Å²) in [6, 6.07) is 0. The van der Waals surface area contributed by atoms with Gasteiger partial charge in [0.2, 0.25) is 0 Å². The fourth-order valence-corrected chi connectivity index (χ4v) is 3.65. The number of aromatic nitrogens is 1. The van der Waals surface area contributed by atoms with Crippen molar-refractivity contribution in [3.05, 3.63) is 16.1 Å². The van der Waals surface area contributed by atoms with Crippen molar-refractivity contribution < 1.29 is 9.90 Å². The monoisotopic (exact) mass is 282 g/mol. The number of hydrogen-bond donors (Lipinski definition) is 2. The van der Waals surface area contributed by atoms with E-state index in [1.807, 2.05) is 0 Å². The van der Waals surface area contributed by atoms with Gasteiger partial charge in [-0.15, -0.1) is 11.3 Å². The number of carboxylic acids is 1. The highest BCUT2D eigenvalue weighted by molar-refractivity contribution is 7.09. The number of aryl methyl sites for hydroxylation is 1. The number of hydrogen-bond acceptors (Lipinski definition) is 4. The Morgan fingerprint density at radius 3 is 3.16 bits per heavy atom. The summed E-state index contributed by atoms with van der Waals surface area (Å²) in [6.45, 7) is 3.70. The molecule has 4 nitrogen and oxygen atoms in total. The number of aliphatic carboxylic acids is 1. The summed E-state index contributed by atoms with van der Waals surface area (Å²) in [7, 11) is 0. The van der Waals surface area contributed by atoms with E-state index in [4.69, 9.17) is 5.11 Å². The predicted molar refractivity (Wildman–Crippen MR) is 76.3 cm³/mol. The first-order valence-electron chi connectivity index (χ1n) is 7.07. The van der Waals surface area contributed by atoms with Crippen LogP contribution in [0.5, 0.6) is 0 Å². The van der Waals surface area contributed by atoms with Crippen molar-refractivity contribution in [3.63, 3.8) is 0 Å². The Bertz CT molecular complexity index is 419. The normalized spacial score (nSPS) is 22.8. The van der Waals surface area contributed by atoms with Crippen molar-refractivity contribution in [2.45, 2.75) is 45.6 Å². The van der Waals surface area contributed by atoms with Crippen LogP contribution in [0.25, 0.3) is 0 Å². The lowest BCUT2D eigenvalue weighted by Crippen LogP contribution is -2.28. The van der Waals surface area contributed by atoms with Gasteiger partial charge in [-0.3, -0.25) is 4.79 Å². The van der Waals surface area contributed by atoms with E-state index in [-0.39, 0.29) is 11.8 Å². The molecule has 0 spiro atoms. The third-order valence-electron chi connectivity index (χ3n) is 3.75. The maximum Gasteiger partial charge on any atom is 0.306 e. The molecule has 1 aromatic rings. The van der Waals surface area contributed by atoms with Gasteiger partial charge in [-0.2, -0.15) is 0 Å². The molecule has 1 fully saturated rings. The molecule has 2 N–H and O–H groups in total. The van der Waals surface area contributed by atoms with Crippen LogP contribution in [-0.4, -0.2) is 22.6 Å². The molecule has 2 unspecified atom stereocenters. The van der Waals surface area contributed by atoms with E-state index in [0.717, 1.165) is 50.9 Å². The molecule has 0 saturated heterocycles. The second kappa shape index (κ2) is 7.01. The van der Waals surface area contributed by atoms with E-state index in [2.05, 4.69) is 22.6 Å². The van der Waals surface area contributed by atoms with E-state index in [0.29, 0.717) is 0 Å². The maximum absolute atomic E-state index is 11.1. The standard InChI is InChI=1S/C14H22N2O2S/c1-2-4-13-16-11(9-19-13)8-15-7-10-5-3-6-12(10)14(17)18/h9-10,12,15H,2-8H2,1H3,(H,17,18). The second-order valence-electron chi connectivity index (χ2n) is 5.25. The SMILES string of the molecule is CCCc1nc(CNCC2CCCC2C(=O)O)cs1. The lowest BCUT2D eigenvalue weighted by atomic mass is 9.96. The van der Waals surface area contributed by atoms with Crippen molar-refractivity contribution in [2.75, 3.05) is 6.54 Å². The summed E-state index contributed by atoms with van der Waals surface area (Å²) < 4.78 is 0. The number of carboxylic acid groups (broad SMARTS) is 1.